The lowest BCUT2D eigenvalue weighted by atomic mass is 10.1. The molecular weight excluding hydrogens is 322 g/mol. The van der Waals surface area contributed by atoms with Gasteiger partial charge in [0.15, 0.2) is 0 Å². The summed E-state index contributed by atoms with van der Waals surface area (Å²) in [5.74, 6) is 0. The van der Waals surface area contributed by atoms with E-state index in [4.69, 9.17) is 11.6 Å². The van der Waals surface area contributed by atoms with Crippen LogP contribution in [0.1, 0.15) is 16.8 Å². The Hall–Kier alpha value is -2.30. The van der Waals surface area contributed by atoms with Gasteiger partial charge in [-0.05, 0) is 30.2 Å². The van der Waals surface area contributed by atoms with E-state index in [2.05, 4.69) is 34.3 Å². The standard InChI is InChI=1S/C19H18ClN3O/c20-15-7-4-8-16(11-15)23-19(24)17-9-10-22(13-18(17)21-23)12-14-5-2-1-3-6-14/h1-8,11,21H,9-10,12-13H2. The molecule has 0 saturated heterocycles. The zero-order valence-corrected chi connectivity index (χ0v) is 14.0. The van der Waals surface area contributed by atoms with Crippen molar-refractivity contribution in [2.45, 2.75) is 19.5 Å². The number of benzene rings is 2. The van der Waals surface area contributed by atoms with E-state index >= 15 is 0 Å². The third-order valence-electron chi connectivity index (χ3n) is 4.45. The van der Waals surface area contributed by atoms with Crippen molar-refractivity contribution in [2.75, 3.05) is 6.54 Å². The number of aromatic amines is 1. The fourth-order valence-electron chi connectivity index (χ4n) is 3.25. The van der Waals surface area contributed by atoms with Crippen LogP contribution in [0.2, 0.25) is 5.02 Å². The summed E-state index contributed by atoms with van der Waals surface area (Å²) in [6.07, 6.45) is 0.769. The van der Waals surface area contributed by atoms with Gasteiger partial charge >= 0.3 is 0 Å². The van der Waals surface area contributed by atoms with E-state index in [1.54, 1.807) is 16.8 Å². The zero-order chi connectivity index (χ0) is 16.5. The second-order valence-electron chi connectivity index (χ2n) is 6.14. The minimum Gasteiger partial charge on any atom is -0.293 e. The van der Waals surface area contributed by atoms with Crippen LogP contribution in [0, 0.1) is 0 Å². The molecule has 0 bridgehead atoms. The number of hydrogen-bond acceptors (Lipinski definition) is 2. The first-order valence-electron chi connectivity index (χ1n) is 8.06. The molecule has 0 spiro atoms. The van der Waals surface area contributed by atoms with Gasteiger partial charge in [-0.25, -0.2) is 4.68 Å². The molecular formula is C19H18ClN3O. The van der Waals surface area contributed by atoms with E-state index in [0.717, 1.165) is 43.0 Å². The van der Waals surface area contributed by atoms with Gasteiger partial charge in [-0.3, -0.25) is 14.8 Å². The fraction of sp³-hybridized carbons (Fsp3) is 0.211. The highest BCUT2D eigenvalue weighted by atomic mass is 35.5. The molecule has 2 aromatic carbocycles. The lowest BCUT2D eigenvalue weighted by molar-refractivity contribution is 0.242. The Morgan fingerprint density at radius 1 is 1.08 bits per heavy atom. The molecule has 5 heteroatoms. The number of rotatable bonds is 3. The first-order chi connectivity index (χ1) is 11.7. The monoisotopic (exact) mass is 339 g/mol. The molecule has 1 aromatic heterocycles. The van der Waals surface area contributed by atoms with Crippen LogP contribution in [0.4, 0.5) is 0 Å². The van der Waals surface area contributed by atoms with Crippen LogP contribution in [0.3, 0.4) is 0 Å². The average molecular weight is 340 g/mol. The van der Waals surface area contributed by atoms with Crippen molar-refractivity contribution in [1.82, 2.24) is 14.7 Å². The van der Waals surface area contributed by atoms with Gasteiger partial charge in [0, 0.05) is 30.2 Å². The summed E-state index contributed by atoms with van der Waals surface area (Å²) in [4.78, 5) is 15.0. The van der Waals surface area contributed by atoms with E-state index in [-0.39, 0.29) is 5.56 Å². The predicted octanol–water partition coefficient (Wildman–Crippen LogP) is 3.38. The smallest absolute Gasteiger partial charge is 0.274 e. The van der Waals surface area contributed by atoms with Crippen LogP contribution < -0.4 is 5.56 Å². The molecule has 0 unspecified atom stereocenters. The number of aromatic nitrogens is 2. The predicted molar refractivity (Wildman–Crippen MR) is 95.7 cm³/mol. The molecule has 1 N–H and O–H groups in total. The molecule has 2 heterocycles. The summed E-state index contributed by atoms with van der Waals surface area (Å²) >= 11 is 6.05. The number of fused-ring (bicyclic) bond motifs is 1. The van der Waals surface area contributed by atoms with Gasteiger partial charge in [0.2, 0.25) is 0 Å². The first-order valence-corrected chi connectivity index (χ1v) is 8.43. The molecule has 0 amide bonds. The van der Waals surface area contributed by atoms with Gasteiger partial charge in [0.05, 0.1) is 11.4 Å². The van der Waals surface area contributed by atoms with Crippen molar-refractivity contribution in [3.63, 3.8) is 0 Å². The van der Waals surface area contributed by atoms with Crippen molar-refractivity contribution in [1.29, 1.82) is 0 Å². The number of hydrogen-bond donors (Lipinski definition) is 1. The Kier molecular flexibility index (Phi) is 4.00. The lowest BCUT2D eigenvalue weighted by Gasteiger charge is -2.25. The minimum atomic E-state index is 0.0339. The molecule has 3 aromatic rings. The maximum atomic E-state index is 12.7. The second-order valence-corrected chi connectivity index (χ2v) is 6.57. The number of H-pyrrole nitrogens is 1. The summed E-state index contributed by atoms with van der Waals surface area (Å²) < 4.78 is 1.60. The topological polar surface area (TPSA) is 41.0 Å². The summed E-state index contributed by atoms with van der Waals surface area (Å²) in [6, 6.07) is 17.8. The summed E-state index contributed by atoms with van der Waals surface area (Å²) in [5.41, 5.74) is 3.99. The number of nitrogens with zero attached hydrogens (tertiary/aromatic N) is 2. The molecule has 1 aliphatic heterocycles. The molecule has 4 nitrogen and oxygen atoms in total. The minimum absolute atomic E-state index is 0.0339. The quantitative estimate of drug-likeness (QED) is 0.794. The van der Waals surface area contributed by atoms with E-state index in [0.29, 0.717) is 5.02 Å². The van der Waals surface area contributed by atoms with Gasteiger partial charge < -0.3 is 0 Å². The molecule has 24 heavy (non-hydrogen) atoms. The average Bonchev–Trinajstić information content (AvgIpc) is 2.92. The van der Waals surface area contributed by atoms with Crippen molar-refractivity contribution in [3.05, 3.63) is 86.8 Å². The van der Waals surface area contributed by atoms with Crippen molar-refractivity contribution < 1.29 is 0 Å². The molecule has 0 radical (unpaired) electrons. The molecule has 0 saturated carbocycles. The van der Waals surface area contributed by atoms with Crippen molar-refractivity contribution in [2.24, 2.45) is 0 Å². The SMILES string of the molecule is O=c1c2c([nH]n1-c1cccc(Cl)c1)CN(Cc1ccccc1)CC2. The highest BCUT2D eigenvalue weighted by Crippen LogP contribution is 2.19. The Morgan fingerprint density at radius 2 is 1.92 bits per heavy atom. The molecule has 4 rings (SSSR count). The Labute approximate surface area is 145 Å². The van der Waals surface area contributed by atoms with Gasteiger partial charge in [-0.15, -0.1) is 0 Å². The normalized spacial score (nSPS) is 14.5. The highest BCUT2D eigenvalue weighted by molar-refractivity contribution is 6.30. The zero-order valence-electron chi connectivity index (χ0n) is 13.2. The van der Waals surface area contributed by atoms with Crippen LogP contribution in [-0.2, 0) is 19.5 Å². The van der Waals surface area contributed by atoms with E-state index < -0.39 is 0 Å². The molecule has 0 fully saturated rings. The summed E-state index contributed by atoms with van der Waals surface area (Å²) in [5, 5.41) is 3.89. The van der Waals surface area contributed by atoms with E-state index in [1.807, 2.05) is 18.2 Å². The van der Waals surface area contributed by atoms with Crippen LogP contribution in [0.25, 0.3) is 5.69 Å². The molecule has 1 aliphatic rings. The maximum Gasteiger partial charge on any atom is 0.274 e. The Balaban J connectivity index is 1.61. The summed E-state index contributed by atoms with van der Waals surface area (Å²) in [6.45, 7) is 2.54. The van der Waals surface area contributed by atoms with Crippen LogP contribution in [-0.4, -0.2) is 21.2 Å². The van der Waals surface area contributed by atoms with Crippen LogP contribution >= 0.6 is 11.6 Å². The number of halogens is 1. The van der Waals surface area contributed by atoms with E-state index in [1.165, 1.54) is 5.56 Å². The van der Waals surface area contributed by atoms with Crippen molar-refractivity contribution >= 4 is 11.6 Å². The third-order valence-corrected chi connectivity index (χ3v) is 4.68. The van der Waals surface area contributed by atoms with Crippen LogP contribution in [0.15, 0.2) is 59.4 Å². The molecule has 0 aliphatic carbocycles. The maximum absolute atomic E-state index is 12.7. The van der Waals surface area contributed by atoms with Crippen molar-refractivity contribution in [3.8, 4) is 5.69 Å². The molecule has 122 valence electrons. The number of nitrogens with one attached hydrogen (secondary N) is 1. The van der Waals surface area contributed by atoms with Gasteiger partial charge in [-0.2, -0.15) is 0 Å². The largest absolute Gasteiger partial charge is 0.293 e. The Morgan fingerprint density at radius 3 is 2.71 bits per heavy atom. The Bertz CT molecular complexity index is 914. The highest BCUT2D eigenvalue weighted by Gasteiger charge is 2.23. The van der Waals surface area contributed by atoms with Crippen LogP contribution in [0.5, 0.6) is 0 Å². The second kappa shape index (κ2) is 6.30. The lowest BCUT2D eigenvalue weighted by Crippen LogP contribution is -2.31. The molecule has 0 atom stereocenters. The summed E-state index contributed by atoms with van der Waals surface area (Å²) in [7, 11) is 0. The fourth-order valence-corrected chi connectivity index (χ4v) is 3.44. The first kappa shape index (κ1) is 15.2. The third kappa shape index (κ3) is 2.90. The van der Waals surface area contributed by atoms with Gasteiger partial charge in [0.1, 0.15) is 0 Å². The van der Waals surface area contributed by atoms with E-state index in [9.17, 15) is 4.79 Å². The van der Waals surface area contributed by atoms with Gasteiger partial charge in [0.25, 0.3) is 5.56 Å². The van der Waals surface area contributed by atoms with Gasteiger partial charge in [-0.1, -0.05) is 48.0 Å².